The summed E-state index contributed by atoms with van der Waals surface area (Å²) in [5.41, 5.74) is 2.02. The summed E-state index contributed by atoms with van der Waals surface area (Å²) < 4.78 is 5.23. The van der Waals surface area contributed by atoms with E-state index in [-0.39, 0.29) is 11.2 Å². The molecule has 1 heterocycles. The van der Waals surface area contributed by atoms with Crippen molar-refractivity contribution in [3.8, 4) is 11.3 Å². The maximum atomic E-state index is 11.7. The van der Waals surface area contributed by atoms with Crippen LogP contribution in [0.2, 0.25) is 10.3 Å². The Morgan fingerprint density at radius 3 is 2.48 bits per heavy atom. The van der Waals surface area contributed by atoms with Crippen LogP contribution in [0.1, 0.15) is 39.2 Å². The molecule has 1 atom stereocenters. The third-order valence-electron chi connectivity index (χ3n) is 3.42. The summed E-state index contributed by atoms with van der Waals surface area (Å²) in [6, 6.07) is 7.79. The van der Waals surface area contributed by atoms with Crippen LogP contribution >= 0.6 is 23.2 Å². The largest absolute Gasteiger partial charge is 0.444 e. The van der Waals surface area contributed by atoms with Crippen LogP contribution in [-0.2, 0) is 4.74 Å². The van der Waals surface area contributed by atoms with Crippen molar-refractivity contribution in [2.45, 2.75) is 39.2 Å². The number of ether oxygens (including phenoxy) is 1. The molecule has 0 bridgehead atoms. The van der Waals surface area contributed by atoms with E-state index in [1.807, 2.05) is 52.0 Å². The lowest BCUT2D eigenvalue weighted by atomic mass is 9.99. The van der Waals surface area contributed by atoms with Gasteiger partial charge in [0.1, 0.15) is 5.60 Å². The molecule has 0 aliphatic rings. The zero-order valence-electron chi connectivity index (χ0n) is 14.6. The Balaban J connectivity index is 2.02. The average molecular weight is 382 g/mol. The third kappa shape index (κ3) is 5.87. The monoisotopic (exact) mass is 381 g/mol. The van der Waals surface area contributed by atoms with Crippen molar-refractivity contribution < 1.29 is 9.53 Å². The first-order valence-corrected chi connectivity index (χ1v) is 8.66. The molecule has 0 saturated carbocycles. The number of nitrogens with one attached hydrogen (secondary N) is 1. The van der Waals surface area contributed by atoms with E-state index in [4.69, 9.17) is 27.9 Å². The Kier molecular flexibility index (Phi) is 6.25. The van der Waals surface area contributed by atoms with E-state index in [9.17, 15) is 4.79 Å². The van der Waals surface area contributed by atoms with Crippen molar-refractivity contribution in [3.63, 3.8) is 0 Å². The normalized spacial score (nSPS) is 12.6. The summed E-state index contributed by atoms with van der Waals surface area (Å²) in [6.45, 7) is 8.01. The Labute approximate surface area is 157 Å². The number of aromatic nitrogens is 2. The SMILES string of the molecule is CC(CNC(=O)OC(C)(C)C)c1ccc(-c2nc(Cl)ncc2Cl)cc1. The fourth-order valence-corrected chi connectivity index (χ4v) is 2.52. The maximum Gasteiger partial charge on any atom is 0.407 e. The van der Waals surface area contributed by atoms with Gasteiger partial charge in [0.2, 0.25) is 5.28 Å². The molecule has 5 nitrogen and oxygen atoms in total. The van der Waals surface area contributed by atoms with E-state index in [1.165, 1.54) is 6.20 Å². The highest BCUT2D eigenvalue weighted by atomic mass is 35.5. The fourth-order valence-electron chi connectivity index (χ4n) is 2.19. The second-order valence-electron chi connectivity index (χ2n) is 6.74. The van der Waals surface area contributed by atoms with E-state index in [1.54, 1.807) is 0 Å². The maximum absolute atomic E-state index is 11.7. The van der Waals surface area contributed by atoms with Crippen molar-refractivity contribution in [2.75, 3.05) is 6.54 Å². The van der Waals surface area contributed by atoms with Gasteiger partial charge in [-0.3, -0.25) is 0 Å². The van der Waals surface area contributed by atoms with E-state index in [0.29, 0.717) is 17.3 Å². The lowest BCUT2D eigenvalue weighted by Crippen LogP contribution is -2.34. The van der Waals surface area contributed by atoms with Crippen LogP contribution in [0.3, 0.4) is 0 Å². The van der Waals surface area contributed by atoms with Gasteiger partial charge in [-0.25, -0.2) is 14.8 Å². The minimum atomic E-state index is -0.507. The van der Waals surface area contributed by atoms with Gasteiger partial charge in [-0.1, -0.05) is 42.8 Å². The van der Waals surface area contributed by atoms with Gasteiger partial charge in [-0.15, -0.1) is 0 Å². The summed E-state index contributed by atoms with van der Waals surface area (Å²) in [5.74, 6) is 0.131. The molecule has 25 heavy (non-hydrogen) atoms. The number of carbonyl (C=O) groups excluding carboxylic acids is 1. The molecule has 0 spiro atoms. The van der Waals surface area contributed by atoms with Crippen molar-refractivity contribution in [2.24, 2.45) is 0 Å². The number of carbonyl (C=O) groups is 1. The van der Waals surface area contributed by atoms with Crippen LogP contribution < -0.4 is 5.32 Å². The highest BCUT2D eigenvalue weighted by Crippen LogP contribution is 2.27. The summed E-state index contributed by atoms with van der Waals surface area (Å²) >= 11 is 12.0. The van der Waals surface area contributed by atoms with E-state index >= 15 is 0 Å². The number of benzene rings is 1. The molecule has 1 N–H and O–H groups in total. The summed E-state index contributed by atoms with van der Waals surface area (Å²) in [6.07, 6.45) is 1.06. The van der Waals surface area contributed by atoms with E-state index < -0.39 is 11.7 Å². The van der Waals surface area contributed by atoms with Crippen molar-refractivity contribution >= 4 is 29.3 Å². The molecule has 0 radical (unpaired) electrons. The van der Waals surface area contributed by atoms with Gasteiger partial charge in [0, 0.05) is 12.1 Å². The highest BCUT2D eigenvalue weighted by molar-refractivity contribution is 6.33. The second kappa shape index (κ2) is 8.02. The number of hydrogen-bond acceptors (Lipinski definition) is 4. The number of alkyl carbamates (subject to hydrolysis) is 1. The van der Waals surface area contributed by atoms with Gasteiger partial charge in [-0.05, 0) is 43.9 Å². The van der Waals surface area contributed by atoms with E-state index in [2.05, 4.69) is 15.3 Å². The van der Waals surface area contributed by atoms with Gasteiger partial charge in [0.25, 0.3) is 0 Å². The Hall–Kier alpha value is -1.85. The third-order valence-corrected chi connectivity index (χ3v) is 3.88. The molecule has 2 aromatic rings. The standard InChI is InChI=1S/C18H21Cl2N3O2/c1-11(9-22-17(24)25-18(2,3)4)12-5-7-13(8-6-12)15-14(19)10-21-16(20)23-15/h5-8,10-11H,9H2,1-4H3,(H,22,24). The van der Waals surface area contributed by atoms with Crippen LogP contribution in [0.5, 0.6) is 0 Å². The van der Waals surface area contributed by atoms with Gasteiger partial charge in [0.05, 0.1) is 16.9 Å². The number of rotatable bonds is 4. The predicted octanol–water partition coefficient (Wildman–Crippen LogP) is 5.08. The molecule has 0 fully saturated rings. The number of amides is 1. The van der Waals surface area contributed by atoms with Crippen LogP contribution in [0.4, 0.5) is 4.79 Å². The second-order valence-corrected chi connectivity index (χ2v) is 7.49. The molecule has 2 rings (SSSR count). The predicted molar refractivity (Wildman–Crippen MR) is 100 cm³/mol. The minimum Gasteiger partial charge on any atom is -0.444 e. The summed E-state index contributed by atoms with van der Waals surface area (Å²) in [7, 11) is 0. The molecule has 1 aromatic carbocycles. The van der Waals surface area contributed by atoms with Crippen LogP contribution in [-0.4, -0.2) is 28.2 Å². The molecule has 1 amide bonds. The van der Waals surface area contributed by atoms with Crippen molar-refractivity contribution in [3.05, 3.63) is 46.3 Å². The lowest BCUT2D eigenvalue weighted by molar-refractivity contribution is 0.0525. The smallest absolute Gasteiger partial charge is 0.407 e. The molecule has 1 unspecified atom stereocenters. The minimum absolute atomic E-state index is 0.131. The van der Waals surface area contributed by atoms with Crippen molar-refractivity contribution in [1.29, 1.82) is 0 Å². The molecule has 1 aromatic heterocycles. The summed E-state index contributed by atoms with van der Waals surface area (Å²) in [4.78, 5) is 19.7. The zero-order valence-corrected chi connectivity index (χ0v) is 16.1. The number of hydrogen-bond donors (Lipinski definition) is 1. The first-order valence-electron chi connectivity index (χ1n) is 7.91. The average Bonchev–Trinajstić information content (AvgIpc) is 2.53. The molecule has 0 saturated heterocycles. The van der Waals surface area contributed by atoms with E-state index in [0.717, 1.165) is 11.1 Å². The Morgan fingerprint density at radius 2 is 1.88 bits per heavy atom. The first kappa shape index (κ1) is 19.5. The quantitative estimate of drug-likeness (QED) is 0.749. The Bertz CT molecular complexity index is 743. The molecular weight excluding hydrogens is 361 g/mol. The van der Waals surface area contributed by atoms with Gasteiger partial charge in [0.15, 0.2) is 0 Å². The Morgan fingerprint density at radius 1 is 1.24 bits per heavy atom. The van der Waals surface area contributed by atoms with Crippen LogP contribution in [0.25, 0.3) is 11.3 Å². The molecular formula is C18H21Cl2N3O2. The fraction of sp³-hybridized carbons (Fsp3) is 0.389. The highest BCUT2D eigenvalue weighted by Gasteiger charge is 2.17. The number of halogens is 2. The molecule has 0 aliphatic heterocycles. The van der Waals surface area contributed by atoms with Gasteiger partial charge >= 0.3 is 6.09 Å². The topological polar surface area (TPSA) is 64.1 Å². The molecule has 7 heteroatoms. The summed E-state index contributed by atoms with van der Waals surface area (Å²) in [5, 5.41) is 3.37. The number of nitrogens with zero attached hydrogens (tertiary/aromatic N) is 2. The lowest BCUT2D eigenvalue weighted by Gasteiger charge is -2.21. The van der Waals surface area contributed by atoms with Gasteiger partial charge < -0.3 is 10.1 Å². The molecule has 0 aliphatic carbocycles. The molecule has 134 valence electrons. The van der Waals surface area contributed by atoms with Gasteiger partial charge in [-0.2, -0.15) is 0 Å². The van der Waals surface area contributed by atoms with Crippen LogP contribution in [0.15, 0.2) is 30.5 Å². The van der Waals surface area contributed by atoms with Crippen molar-refractivity contribution in [1.82, 2.24) is 15.3 Å². The zero-order chi connectivity index (χ0) is 18.6. The first-order chi connectivity index (χ1) is 11.7. The van der Waals surface area contributed by atoms with Crippen LogP contribution in [0, 0.1) is 0 Å².